The fourth-order valence-corrected chi connectivity index (χ4v) is 3.55. The molecule has 1 aliphatic rings. The highest BCUT2D eigenvalue weighted by Gasteiger charge is 2.34. The van der Waals surface area contributed by atoms with Crippen molar-refractivity contribution in [3.8, 4) is 0 Å². The van der Waals surface area contributed by atoms with E-state index in [4.69, 9.17) is 15.9 Å². The van der Waals surface area contributed by atoms with Crippen LogP contribution >= 0.6 is 0 Å². The molecule has 0 bridgehead atoms. The highest BCUT2D eigenvalue weighted by Crippen LogP contribution is 2.31. The smallest absolute Gasteiger partial charge is 0.331 e. The molecule has 1 aliphatic carbocycles. The van der Waals surface area contributed by atoms with Crippen molar-refractivity contribution in [1.29, 1.82) is 0 Å². The Morgan fingerprint density at radius 1 is 0.909 bits per heavy atom. The summed E-state index contributed by atoms with van der Waals surface area (Å²) in [6.07, 6.45) is 26.4. The number of hydrogen-bond acceptors (Lipinski definition) is 3. The Bertz CT molecular complexity index is 665. The fraction of sp³-hybridized carbons (Fsp3) is 0.667. The van der Waals surface area contributed by atoms with Gasteiger partial charge in [0, 0.05) is 12.0 Å². The number of hydrogen-bond donors (Lipinski definition) is 3. The molecular weight excluding hydrogens is 418 g/mol. The zero-order chi connectivity index (χ0) is 25.0. The fourth-order valence-electron chi connectivity index (χ4n) is 3.55. The van der Waals surface area contributed by atoms with Gasteiger partial charge in [-0.05, 0) is 45.4 Å². The summed E-state index contributed by atoms with van der Waals surface area (Å²) in [4.78, 5) is 31.9. The van der Waals surface area contributed by atoms with Crippen LogP contribution in [0.15, 0.2) is 36.0 Å². The molecule has 1 amide bonds. The second-order valence-electron chi connectivity index (χ2n) is 9.06. The van der Waals surface area contributed by atoms with Gasteiger partial charge in [0.1, 0.15) is 0 Å². The van der Waals surface area contributed by atoms with Gasteiger partial charge in [-0.1, -0.05) is 88.7 Å². The Labute approximate surface area is 200 Å². The Morgan fingerprint density at radius 2 is 1.42 bits per heavy atom. The first-order chi connectivity index (χ1) is 15.7. The lowest BCUT2D eigenvalue weighted by molar-refractivity contribution is -0.145. The van der Waals surface area contributed by atoms with Crippen molar-refractivity contribution in [2.24, 2.45) is 11.1 Å². The third-order valence-corrected chi connectivity index (χ3v) is 5.77. The Balaban J connectivity index is 0.000000676. The molecule has 0 aliphatic heterocycles. The van der Waals surface area contributed by atoms with Gasteiger partial charge in [0.25, 0.3) is 0 Å². The minimum atomic E-state index is -1.08. The molecule has 0 aromatic heterocycles. The van der Waals surface area contributed by atoms with Gasteiger partial charge in [-0.3, -0.25) is 9.59 Å². The second kappa shape index (κ2) is 19.1. The molecule has 6 nitrogen and oxygen atoms in total. The quantitative estimate of drug-likeness (QED) is 0.167. The molecule has 0 aromatic carbocycles. The Hall–Kier alpha value is -2.37. The summed E-state index contributed by atoms with van der Waals surface area (Å²) in [5.74, 6) is -2.23. The number of carboxylic acids is 2. The molecule has 1 unspecified atom stereocenters. The number of carbonyl (C=O) groups excluding carboxylic acids is 1. The number of nitrogens with two attached hydrogens (primary N) is 1. The summed E-state index contributed by atoms with van der Waals surface area (Å²) >= 11 is 0. The number of carboxylic acid groups (broad SMARTS) is 2. The molecule has 0 aromatic rings. The number of primary amides is 1. The minimum absolute atomic E-state index is 0.0359. The van der Waals surface area contributed by atoms with E-state index >= 15 is 0 Å². The average Bonchev–Trinajstić information content (AvgIpc) is 2.76. The highest BCUT2D eigenvalue weighted by atomic mass is 16.4. The molecule has 1 atom stereocenters. The average molecular weight is 464 g/mol. The van der Waals surface area contributed by atoms with Crippen LogP contribution in [-0.4, -0.2) is 28.1 Å². The molecule has 188 valence electrons. The standard InChI is InChI=1S/C18H35NO.C9H10O4/c1-2-3-4-5-6-7-8-9-10-11-12-13-14-15-16-17-18(19)20;1-9(8(12)13)4-2-3-6(5-9)7(10)11/h9-10H,2-8,11-17H2,1H3,(H2,19,20);2-4H,5H2,1H3,(H,10,11)(H,12,13)/b10-9-;. The first-order valence-corrected chi connectivity index (χ1v) is 12.5. The summed E-state index contributed by atoms with van der Waals surface area (Å²) in [6.45, 7) is 3.77. The van der Waals surface area contributed by atoms with E-state index in [9.17, 15) is 14.4 Å². The number of carbonyl (C=O) groups is 3. The Kier molecular flexibility index (Phi) is 17.8. The first-order valence-electron chi connectivity index (χ1n) is 12.5. The lowest BCUT2D eigenvalue weighted by Crippen LogP contribution is -2.28. The third kappa shape index (κ3) is 16.9. The molecular formula is C27H45NO5. The lowest BCUT2D eigenvalue weighted by atomic mass is 9.80. The normalized spacial score (nSPS) is 17.3. The van der Waals surface area contributed by atoms with E-state index in [1.165, 1.54) is 95.8 Å². The van der Waals surface area contributed by atoms with E-state index in [0.29, 0.717) is 6.42 Å². The zero-order valence-electron chi connectivity index (χ0n) is 20.7. The van der Waals surface area contributed by atoms with Crippen LogP contribution in [-0.2, 0) is 14.4 Å². The number of unbranched alkanes of at least 4 members (excludes halogenated alkanes) is 11. The predicted octanol–water partition coefficient (Wildman–Crippen LogP) is 6.56. The molecule has 6 heteroatoms. The lowest BCUT2D eigenvalue weighted by Gasteiger charge is -2.23. The van der Waals surface area contributed by atoms with Crippen LogP contribution < -0.4 is 5.73 Å². The van der Waals surface area contributed by atoms with Gasteiger partial charge < -0.3 is 15.9 Å². The largest absolute Gasteiger partial charge is 0.481 e. The van der Waals surface area contributed by atoms with E-state index in [2.05, 4.69) is 19.1 Å². The Morgan fingerprint density at radius 3 is 1.91 bits per heavy atom. The predicted molar refractivity (Wildman–Crippen MR) is 134 cm³/mol. The van der Waals surface area contributed by atoms with Crippen LogP contribution in [0.3, 0.4) is 0 Å². The van der Waals surface area contributed by atoms with E-state index in [1.807, 2.05) is 0 Å². The van der Waals surface area contributed by atoms with Gasteiger partial charge in [0.15, 0.2) is 0 Å². The van der Waals surface area contributed by atoms with Gasteiger partial charge in [0.05, 0.1) is 5.41 Å². The summed E-state index contributed by atoms with van der Waals surface area (Å²) in [5.41, 5.74) is 4.15. The van der Waals surface area contributed by atoms with Crippen LogP contribution in [0.2, 0.25) is 0 Å². The van der Waals surface area contributed by atoms with E-state index in [-0.39, 0.29) is 17.9 Å². The van der Waals surface area contributed by atoms with Crippen molar-refractivity contribution < 1.29 is 24.6 Å². The van der Waals surface area contributed by atoms with Crippen LogP contribution in [0.5, 0.6) is 0 Å². The number of amides is 1. The molecule has 1 rings (SSSR count). The van der Waals surface area contributed by atoms with Gasteiger partial charge >= 0.3 is 11.9 Å². The van der Waals surface area contributed by atoms with E-state index < -0.39 is 17.4 Å². The van der Waals surface area contributed by atoms with Crippen molar-refractivity contribution in [1.82, 2.24) is 0 Å². The molecule has 0 saturated heterocycles. The maximum Gasteiger partial charge on any atom is 0.331 e. The van der Waals surface area contributed by atoms with Crippen LogP contribution in [0.25, 0.3) is 0 Å². The minimum Gasteiger partial charge on any atom is -0.481 e. The van der Waals surface area contributed by atoms with Crippen molar-refractivity contribution in [3.63, 3.8) is 0 Å². The summed E-state index contributed by atoms with van der Waals surface area (Å²) < 4.78 is 0. The van der Waals surface area contributed by atoms with Crippen molar-refractivity contribution in [3.05, 3.63) is 36.0 Å². The summed E-state index contributed by atoms with van der Waals surface area (Å²) in [6, 6.07) is 0. The monoisotopic (exact) mass is 463 g/mol. The van der Waals surface area contributed by atoms with Crippen molar-refractivity contribution in [2.75, 3.05) is 0 Å². The van der Waals surface area contributed by atoms with Gasteiger partial charge in [-0.25, -0.2) is 4.79 Å². The molecule has 0 heterocycles. The molecule has 0 fully saturated rings. The first kappa shape index (κ1) is 30.6. The van der Waals surface area contributed by atoms with Gasteiger partial charge in [0.2, 0.25) is 5.91 Å². The molecule has 4 N–H and O–H groups in total. The number of rotatable bonds is 17. The maximum atomic E-state index is 10.8. The second-order valence-corrected chi connectivity index (χ2v) is 9.06. The van der Waals surface area contributed by atoms with Crippen LogP contribution in [0.1, 0.15) is 110 Å². The van der Waals surface area contributed by atoms with Gasteiger partial charge in [-0.15, -0.1) is 0 Å². The number of allylic oxidation sites excluding steroid dienone is 4. The molecule has 0 spiro atoms. The molecule has 33 heavy (non-hydrogen) atoms. The van der Waals surface area contributed by atoms with Crippen molar-refractivity contribution >= 4 is 17.8 Å². The maximum absolute atomic E-state index is 10.8. The number of aliphatic carboxylic acids is 2. The molecule has 0 radical (unpaired) electrons. The highest BCUT2D eigenvalue weighted by molar-refractivity contribution is 5.90. The third-order valence-electron chi connectivity index (χ3n) is 5.77. The topological polar surface area (TPSA) is 118 Å². The van der Waals surface area contributed by atoms with E-state index in [0.717, 1.165) is 12.8 Å². The summed E-state index contributed by atoms with van der Waals surface area (Å²) in [7, 11) is 0. The van der Waals surface area contributed by atoms with Crippen LogP contribution in [0.4, 0.5) is 0 Å². The zero-order valence-corrected chi connectivity index (χ0v) is 20.7. The van der Waals surface area contributed by atoms with Crippen molar-refractivity contribution in [2.45, 2.75) is 110 Å². The van der Waals surface area contributed by atoms with E-state index in [1.54, 1.807) is 0 Å². The molecule has 0 saturated carbocycles. The van der Waals surface area contributed by atoms with Crippen LogP contribution in [0, 0.1) is 5.41 Å². The summed E-state index contributed by atoms with van der Waals surface area (Å²) in [5, 5.41) is 17.5. The van der Waals surface area contributed by atoms with Gasteiger partial charge in [-0.2, -0.15) is 0 Å². The SMILES string of the molecule is CC1(C(=O)O)C=CC=C(C(=O)O)C1.CCCCCCCC/C=C\CCCCCCCC(N)=O.